The number of guanidine groups is 1. The molecule has 7 heteroatoms. The Kier molecular flexibility index (Phi) is 15.0. The van der Waals surface area contributed by atoms with Crippen LogP contribution in [0.2, 0.25) is 0 Å². The summed E-state index contributed by atoms with van der Waals surface area (Å²) < 4.78 is 5.77. The van der Waals surface area contributed by atoms with Crippen LogP contribution >= 0.6 is 24.0 Å². The molecule has 0 aromatic carbocycles. The van der Waals surface area contributed by atoms with Crippen molar-refractivity contribution in [3.63, 3.8) is 0 Å². The van der Waals surface area contributed by atoms with Gasteiger partial charge in [-0.25, -0.2) is 0 Å². The number of amides is 1. The fourth-order valence-electron chi connectivity index (χ4n) is 3.33. The van der Waals surface area contributed by atoms with Gasteiger partial charge in [-0.3, -0.25) is 9.79 Å². The number of ether oxygens (including phenoxy) is 1. The predicted octanol–water partition coefficient (Wildman–Crippen LogP) is 3.26. The van der Waals surface area contributed by atoms with Gasteiger partial charge in [0.05, 0.1) is 6.10 Å². The summed E-state index contributed by atoms with van der Waals surface area (Å²) in [5.74, 6) is 2.14. The molecular weight excluding hydrogens is 455 g/mol. The van der Waals surface area contributed by atoms with E-state index in [1.54, 1.807) is 0 Å². The van der Waals surface area contributed by atoms with Gasteiger partial charge in [-0.1, -0.05) is 20.8 Å². The maximum atomic E-state index is 12.3. The minimum Gasteiger partial charge on any atom is -0.378 e. The molecule has 1 heterocycles. The topological polar surface area (TPSA) is 66.0 Å². The average molecular weight is 496 g/mol. The molecule has 6 nitrogen and oxygen atoms in total. The highest BCUT2D eigenvalue weighted by Gasteiger charge is 2.20. The third-order valence-electron chi connectivity index (χ3n) is 4.79. The third kappa shape index (κ3) is 11.1. The minimum atomic E-state index is 0. The predicted molar refractivity (Wildman–Crippen MR) is 124 cm³/mol. The average Bonchev–Trinajstić information content (AvgIpc) is 2.60. The molecule has 1 rings (SSSR count). The first kappa shape index (κ1) is 26.4. The van der Waals surface area contributed by atoms with Crippen molar-refractivity contribution in [2.24, 2.45) is 16.8 Å². The van der Waals surface area contributed by atoms with Crippen LogP contribution < -0.4 is 10.6 Å². The molecule has 0 saturated carbocycles. The Bertz CT molecular complexity index is 432. The normalized spacial score (nSPS) is 18.8. The van der Waals surface area contributed by atoms with E-state index in [0.29, 0.717) is 24.8 Å². The Balaban J connectivity index is 0.00000676. The molecule has 2 atom stereocenters. The molecule has 27 heavy (non-hydrogen) atoms. The van der Waals surface area contributed by atoms with Crippen molar-refractivity contribution in [1.82, 2.24) is 15.5 Å². The van der Waals surface area contributed by atoms with E-state index in [9.17, 15) is 4.79 Å². The number of piperidine rings is 1. The van der Waals surface area contributed by atoms with Crippen molar-refractivity contribution in [3.05, 3.63) is 0 Å². The molecule has 0 aromatic rings. The summed E-state index contributed by atoms with van der Waals surface area (Å²) in [5, 5.41) is 6.54. The van der Waals surface area contributed by atoms with Crippen LogP contribution in [0, 0.1) is 11.8 Å². The lowest BCUT2D eigenvalue weighted by Crippen LogP contribution is -2.42. The van der Waals surface area contributed by atoms with Crippen LogP contribution in [0.4, 0.5) is 0 Å². The Labute approximate surface area is 183 Å². The van der Waals surface area contributed by atoms with Gasteiger partial charge in [-0.05, 0) is 44.9 Å². The second-order valence-electron chi connectivity index (χ2n) is 7.55. The third-order valence-corrected chi connectivity index (χ3v) is 4.79. The van der Waals surface area contributed by atoms with E-state index in [2.05, 4.69) is 43.3 Å². The summed E-state index contributed by atoms with van der Waals surface area (Å²) in [6.07, 6.45) is 4.03. The van der Waals surface area contributed by atoms with Crippen LogP contribution in [-0.2, 0) is 9.53 Å². The van der Waals surface area contributed by atoms with Gasteiger partial charge in [0.1, 0.15) is 0 Å². The van der Waals surface area contributed by atoms with E-state index in [1.807, 2.05) is 11.8 Å². The zero-order valence-corrected chi connectivity index (χ0v) is 20.3. The molecule has 2 N–H and O–H groups in total. The van der Waals surface area contributed by atoms with Gasteiger partial charge in [-0.15, -0.1) is 24.0 Å². The zero-order chi connectivity index (χ0) is 19.4. The SMILES string of the molecule is CCNC(=NCCC(OCC)C(C)C)NCCC(=O)N1CCCC(C)C1.I. The summed E-state index contributed by atoms with van der Waals surface area (Å²) >= 11 is 0. The zero-order valence-electron chi connectivity index (χ0n) is 17.9. The highest BCUT2D eigenvalue weighted by Crippen LogP contribution is 2.16. The molecule has 1 fully saturated rings. The van der Waals surface area contributed by atoms with Crippen molar-refractivity contribution in [2.45, 2.75) is 66.4 Å². The summed E-state index contributed by atoms with van der Waals surface area (Å²) in [6, 6.07) is 0. The number of aliphatic imine (C=N–C) groups is 1. The molecule has 2 unspecified atom stereocenters. The first-order valence-electron chi connectivity index (χ1n) is 10.4. The van der Waals surface area contributed by atoms with Gasteiger partial charge >= 0.3 is 0 Å². The van der Waals surface area contributed by atoms with Gasteiger partial charge < -0.3 is 20.3 Å². The van der Waals surface area contributed by atoms with Gasteiger partial charge in [0.15, 0.2) is 5.96 Å². The first-order valence-corrected chi connectivity index (χ1v) is 10.4. The Hall–Kier alpha value is -0.570. The number of halogens is 1. The smallest absolute Gasteiger partial charge is 0.224 e. The summed E-state index contributed by atoms with van der Waals surface area (Å²) in [7, 11) is 0. The highest BCUT2D eigenvalue weighted by atomic mass is 127. The van der Waals surface area contributed by atoms with Crippen LogP contribution in [0.15, 0.2) is 4.99 Å². The molecule has 0 radical (unpaired) electrons. The number of carbonyl (C=O) groups excluding carboxylic acids is 1. The molecule has 0 aliphatic carbocycles. The van der Waals surface area contributed by atoms with Crippen LogP contribution in [0.3, 0.4) is 0 Å². The van der Waals surface area contributed by atoms with E-state index < -0.39 is 0 Å². The number of likely N-dealkylation sites (tertiary alicyclic amines) is 1. The van der Waals surface area contributed by atoms with Crippen molar-refractivity contribution >= 4 is 35.8 Å². The Morgan fingerprint density at radius 1 is 1.30 bits per heavy atom. The number of hydrogen-bond donors (Lipinski definition) is 2. The van der Waals surface area contributed by atoms with Crippen LogP contribution in [0.5, 0.6) is 0 Å². The second-order valence-corrected chi connectivity index (χ2v) is 7.55. The molecular formula is C20H41IN4O2. The molecule has 0 bridgehead atoms. The number of rotatable bonds is 10. The molecule has 1 saturated heterocycles. The minimum absolute atomic E-state index is 0. The molecule has 1 aliphatic heterocycles. The quantitative estimate of drug-likeness (QED) is 0.277. The van der Waals surface area contributed by atoms with E-state index in [1.165, 1.54) is 6.42 Å². The number of carbonyl (C=O) groups is 1. The van der Waals surface area contributed by atoms with Gasteiger partial charge in [0, 0.05) is 45.8 Å². The number of hydrogen-bond acceptors (Lipinski definition) is 3. The van der Waals surface area contributed by atoms with Crippen molar-refractivity contribution in [2.75, 3.05) is 39.3 Å². The first-order chi connectivity index (χ1) is 12.5. The Morgan fingerprint density at radius 2 is 2.04 bits per heavy atom. The fourth-order valence-corrected chi connectivity index (χ4v) is 3.33. The standard InChI is InChI=1S/C20H40N4O2.HI/c1-6-21-20(22-12-10-18(16(3)4)26-7-2)23-13-11-19(25)24-14-8-9-17(5)15-24;/h16-18H,6-15H2,1-5H3,(H2,21,22,23);1H. The number of nitrogens with one attached hydrogen (secondary N) is 2. The molecule has 0 spiro atoms. The van der Waals surface area contributed by atoms with Gasteiger partial charge in [0.25, 0.3) is 0 Å². The van der Waals surface area contributed by atoms with Crippen molar-refractivity contribution < 1.29 is 9.53 Å². The van der Waals surface area contributed by atoms with E-state index in [0.717, 1.165) is 51.6 Å². The summed E-state index contributed by atoms with van der Waals surface area (Å²) in [4.78, 5) is 19.0. The van der Waals surface area contributed by atoms with Crippen LogP contribution in [0.25, 0.3) is 0 Å². The number of nitrogens with zero attached hydrogens (tertiary/aromatic N) is 2. The fraction of sp³-hybridized carbons (Fsp3) is 0.900. The van der Waals surface area contributed by atoms with E-state index in [-0.39, 0.29) is 36.0 Å². The maximum absolute atomic E-state index is 12.3. The maximum Gasteiger partial charge on any atom is 0.224 e. The molecule has 160 valence electrons. The van der Waals surface area contributed by atoms with Crippen molar-refractivity contribution in [3.8, 4) is 0 Å². The second kappa shape index (κ2) is 15.4. The van der Waals surface area contributed by atoms with E-state index >= 15 is 0 Å². The van der Waals surface area contributed by atoms with Gasteiger partial charge in [0.2, 0.25) is 5.91 Å². The van der Waals surface area contributed by atoms with Gasteiger partial charge in [-0.2, -0.15) is 0 Å². The largest absolute Gasteiger partial charge is 0.378 e. The lowest BCUT2D eigenvalue weighted by atomic mass is 10.00. The lowest BCUT2D eigenvalue weighted by molar-refractivity contribution is -0.132. The summed E-state index contributed by atoms with van der Waals surface area (Å²) in [6.45, 7) is 15.4. The molecule has 0 aromatic heterocycles. The summed E-state index contributed by atoms with van der Waals surface area (Å²) in [5.41, 5.74) is 0. The van der Waals surface area contributed by atoms with Crippen LogP contribution in [-0.4, -0.2) is 62.2 Å². The van der Waals surface area contributed by atoms with E-state index in [4.69, 9.17) is 4.74 Å². The van der Waals surface area contributed by atoms with Crippen molar-refractivity contribution in [1.29, 1.82) is 0 Å². The monoisotopic (exact) mass is 496 g/mol. The molecule has 1 aliphatic rings. The Morgan fingerprint density at radius 3 is 2.63 bits per heavy atom. The molecule has 1 amide bonds. The lowest BCUT2D eigenvalue weighted by Gasteiger charge is -2.31. The highest BCUT2D eigenvalue weighted by molar-refractivity contribution is 14.0. The van der Waals surface area contributed by atoms with Crippen LogP contribution in [0.1, 0.15) is 60.3 Å².